The van der Waals surface area contributed by atoms with E-state index in [1.807, 2.05) is 0 Å². The van der Waals surface area contributed by atoms with E-state index in [0.717, 1.165) is 13.0 Å². The molecule has 0 radical (unpaired) electrons. The highest BCUT2D eigenvalue weighted by molar-refractivity contribution is 5.03. The summed E-state index contributed by atoms with van der Waals surface area (Å²) in [6.07, 6.45) is 3.98. The zero-order valence-electron chi connectivity index (χ0n) is 7.05. The fraction of sp³-hybridized carbons (Fsp3) is 1.00. The third kappa shape index (κ3) is 1.18. The largest absolute Gasteiger partial charge is 0.396 e. The van der Waals surface area contributed by atoms with Gasteiger partial charge in [0.2, 0.25) is 0 Å². The first kappa shape index (κ1) is 7.56. The smallest absolute Gasteiger partial charge is 0.0552 e. The Hall–Kier alpha value is -0.0800. The Morgan fingerprint density at radius 3 is 2.91 bits per heavy atom. The van der Waals surface area contributed by atoms with Gasteiger partial charge in [-0.1, -0.05) is 0 Å². The second-order valence-electron chi connectivity index (χ2n) is 4.08. The summed E-state index contributed by atoms with van der Waals surface area (Å²) in [7, 11) is 0. The molecule has 1 N–H and O–H groups in total. The standard InChI is InChI=1S/C9H16O2/c1-7-4-9(2-3-11-7)5-8(9)6-10/h7-8,10H,2-6H2,1H3. The maximum absolute atomic E-state index is 8.97. The molecule has 1 saturated heterocycles. The minimum atomic E-state index is 0.382. The van der Waals surface area contributed by atoms with E-state index in [9.17, 15) is 0 Å². The lowest BCUT2D eigenvalue weighted by Crippen LogP contribution is -2.25. The number of aliphatic hydroxyl groups excluding tert-OH is 1. The molecule has 2 nitrogen and oxygen atoms in total. The first-order valence-electron chi connectivity index (χ1n) is 4.49. The van der Waals surface area contributed by atoms with Crippen LogP contribution < -0.4 is 0 Å². The number of hydrogen-bond donors (Lipinski definition) is 1. The van der Waals surface area contributed by atoms with E-state index >= 15 is 0 Å². The van der Waals surface area contributed by atoms with Gasteiger partial charge in [0.25, 0.3) is 0 Å². The van der Waals surface area contributed by atoms with Gasteiger partial charge in [-0.2, -0.15) is 0 Å². The molecular weight excluding hydrogens is 140 g/mol. The summed E-state index contributed by atoms with van der Waals surface area (Å²) >= 11 is 0. The zero-order chi connectivity index (χ0) is 7.90. The average Bonchev–Trinajstić information content (AvgIpc) is 2.63. The minimum absolute atomic E-state index is 0.382. The molecule has 3 unspecified atom stereocenters. The summed E-state index contributed by atoms with van der Waals surface area (Å²) in [5.74, 6) is 0.592. The Morgan fingerprint density at radius 1 is 1.55 bits per heavy atom. The van der Waals surface area contributed by atoms with Crippen LogP contribution in [0.3, 0.4) is 0 Å². The molecule has 2 aliphatic rings. The van der Waals surface area contributed by atoms with Gasteiger partial charge in [0.1, 0.15) is 0 Å². The monoisotopic (exact) mass is 156 g/mol. The molecule has 2 rings (SSSR count). The van der Waals surface area contributed by atoms with E-state index in [1.165, 1.54) is 12.8 Å². The van der Waals surface area contributed by atoms with Gasteiger partial charge < -0.3 is 9.84 Å². The van der Waals surface area contributed by atoms with Gasteiger partial charge in [0, 0.05) is 13.2 Å². The molecular formula is C9H16O2. The van der Waals surface area contributed by atoms with Gasteiger partial charge in [-0.05, 0) is 37.5 Å². The summed E-state index contributed by atoms with van der Waals surface area (Å²) in [4.78, 5) is 0. The van der Waals surface area contributed by atoms with Crippen molar-refractivity contribution in [2.45, 2.75) is 32.3 Å². The second kappa shape index (κ2) is 2.46. The molecule has 0 aromatic rings. The molecule has 11 heavy (non-hydrogen) atoms. The Bertz CT molecular complexity index is 158. The lowest BCUT2D eigenvalue weighted by molar-refractivity contribution is -0.0118. The minimum Gasteiger partial charge on any atom is -0.396 e. The van der Waals surface area contributed by atoms with Gasteiger partial charge in [-0.25, -0.2) is 0 Å². The highest BCUT2D eigenvalue weighted by atomic mass is 16.5. The number of hydrogen-bond acceptors (Lipinski definition) is 2. The summed E-state index contributed by atoms with van der Waals surface area (Å²) in [6, 6.07) is 0. The lowest BCUT2D eigenvalue weighted by Gasteiger charge is -2.28. The Morgan fingerprint density at radius 2 is 2.36 bits per heavy atom. The summed E-state index contributed by atoms with van der Waals surface area (Å²) in [5, 5.41) is 8.97. The van der Waals surface area contributed by atoms with Gasteiger partial charge in [0.15, 0.2) is 0 Å². The summed E-state index contributed by atoms with van der Waals surface area (Å²) in [6.45, 7) is 3.41. The average molecular weight is 156 g/mol. The van der Waals surface area contributed by atoms with Crippen molar-refractivity contribution in [3.63, 3.8) is 0 Å². The third-order valence-corrected chi connectivity index (χ3v) is 3.28. The van der Waals surface area contributed by atoms with Gasteiger partial charge in [0.05, 0.1) is 6.10 Å². The van der Waals surface area contributed by atoms with E-state index in [0.29, 0.717) is 24.0 Å². The topological polar surface area (TPSA) is 29.5 Å². The highest BCUT2D eigenvalue weighted by Gasteiger charge is 2.54. The van der Waals surface area contributed by atoms with E-state index in [1.54, 1.807) is 0 Å². The third-order valence-electron chi connectivity index (χ3n) is 3.28. The van der Waals surface area contributed by atoms with Crippen LogP contribution in [-0.2, 0) is 4.74 Å². The summed E-state index contributed by atoms with van der Waals surface area (Å²) < 4.78 is 5.46. The molecule has 0 aromatic carbocycles. The van der Waals surface area contributed by atoms with Crippen molar-refractivity contribution in [1.82, 2.24) is 0 Å². The molecule has 1 aliphatic heterocycles. The normalized spacial score (nSPS) is 49.6. The van der Waals surface area contributed by atoms with Crippen molar-refractivity contribution in [3.8, 4) is 0 Å². The van der Waals surface area contributed by atoms with Crippen LogP contribution in [0.25, 0.3) is 0 Å². The molecule has 1 saturated carbocycles. The molecule has 0 amide bonds. The van der Waals surface area contributed by atoms with Crippen LogP contribution in [0.15, 0.2) is 0 Å². The molecule has 2 fully saturated rings. The quantitative estimate of drug-likeness (QED) is 0.618. The van der Waals surface area contributed by atoms with Crippen LogP contribution in [0.2, 0.25) is 0 Å². The lowest BCUT2D eigenvalue weighted by atomic mass is 9.90. The SMILES string of the molecule is CC1CC2(CCO1)CC2CO. The Kier molecular flexibility index (Phi) is 1.69. The first-order chi connectivity index (χ1) is 5.27. The molecule has 1 heterocycles. The predicted molar refractivity (Wildman–Crippen MR) is 42.3 cm³/mol. The molecule has 64 valence electrons. The molecule has 0 bridgehead atoms. The maximum atomic E-state index is 8.97. The van der Waals surface area contributed by atoms with Crippen LogP contribution in [0.4, 0.5) is 0 Å². The van der Waals surface area contributed by atoms with Crippen molar-refractivity contribution in [2.75, 3.05) is 13.2 Å². The molecule has 2 heteroatoms. The van der Waals surface area contributed by atoms with Crippen LogP contribution in [0.1, 0.15) is 26.2 Å². The van der Waals surface area contributed by atoms with Gasteiger partial charge in [-0.3, -0.25) is 0 Å². The number of rotatable bonds is 1. The maximum Gasteiger partial charge on any atom is 0.0552 e. The Labute approximate surface area is 67.6 Å². The van der Waals surface area contributed by atoms with E-state index in [-0.39, 0.29) is 0 Å². The van der Waals surface area contributed by atoms with Crippen molar-refractivity contribution >= 4 is 0 Å². The fourth-order valence-electron chi connectivity index (χ4n) is 2.44. The summed E-state index contributed by atoms with van der Waals surface area (Å²) in [5.41, 5.74) is 0.492. The number of aliphatic hydroxyl groups is 1. The van der Waals surface area contributed by atoms with Gasteiger partial charge in [-0.15, -0.1) is 0 Å². The van der Waals surface area contributed by atoms with E-state index < -0.39 is 0 Å². The molecule has 3 atom stereocenters. The van der Waals surface area contributed by atoms with Crippen molar-refractivity contribution < 1.29 is 9.84 Å². The van der Waals surface area contributed by atoms with Crippen LogP contribution >= 0.6 is 0 Å². The Balaban J connectivity index is 1.95. The highest BCUT2D eigenvalue weighted by Crippen LogP contribution is 2.59. The first-order valence-corrected chi connectivity index (χ1v) is 4.49. The van der Waals surface area contributed by atoms with Crippen molar-refractivity contribution in [3.05, 3.63) is 0 Å². The number of ether oxygens (including phenoxy) is 1. The van der Waals surface area contributed by atoms with Crippen LogP contribution in [0.5, 0.6) is 0 Å². The molecule has 1 spiro atoms. The van der Waals surface area contributed by atoms with Crippen molar-refractivity contribution in [2.24, 2.45) is 11.3 Å². The zero-order valence-corrected chi connectivity index (χ0v) is 7.05. The molecule has 0 aromatic heterocycles. The second-order valence-corrected chi connectivity index (χ2v) is 4.08. The van der Waals surface area contributed by atoms with E-state index in [4.69, 9.17) is 9.84 Å². The van der Waals surface area contributed by atoms with Gasteiger partial charge >= 0.3 is 0 Å². The van der Waals surface area contributed by atoms with Crippen LogP contribution in [0, 0.1) is 11.3 Å². The van der Waals surface area contributed by atoms with Crippen LogP contribution in [-0.4, -0.2) is 24.4 Å². The van der Waals surface area contributed by atoms with E-state index in [2.05, 4.69) is 6.92 Å². The molecule has 1 aliphatic carbocycles. The fourth-order valence-corrected chi connectivity index (χ4v) is 2.44. The predicted octanol–water partition coefficient (Wildman–Crippen LogP) is 1.18. The van der Waals surface area contributed by atoms with Crippen molar-refractivity contribution in [1.29, 1.82) is 0 Å².